The highest BCUT2D eigenvalue weighted by molar-refractivity contribution is 5.94. The Hall–Kier alpha value is -2.26. The second-order valence-electron chi connectivity index (χ2n) is 7.31. The number of carbonyl (C=O) groups is 1. The van der Waals surface area contributed by atoms with Gasteiger partial charge in [-0.1, -0.05) is 17.3 Å². The van der Waals surface area contributed by atoms with Crippen LogP contribution >= 0.6 is 24.8 Å². The summed E-state index contributed by atoms with van der Waals surface area (Å²) in [5.74, 6) is -0.0731. The highest BCUT2D eigenvalue weighted by atomic mass is 35.5. The van der Waals surface area contributed by atoms with Gasteiger partial charge in [0.15, 0.2) is 5.69 Å². The molecule has 0 saturated carbocycles. The summed E-state index contributed by atoms with van der Waals surface area (Å²) >= 11 is 0. The number of piperidine rings is 1. The molecule has 1 aliphatic rings. The van der Waals surface area contributed by atoms with Crippen LogP contribution in [0.25, 0.3) is 16.5 Å². The molecule has 2 aromatic heterocycles. The lowest BCUT2D eigenvalue weighted by molar-refractivity contribution is 0.00827. The van der Waals surface area contributed by atoms with E-state index in [9.17, 15) is 4.79 Å². The Kier molecular flexibility index (Phi) is 9.18. The predicted molar refractivity (Wildman–Crippen MR) is 124 cm³/mol. The minimum absolute atomic E-state index is 0. The molecule has 2 N–H and O–H groups in total. The van der Waals surface area contributed by atoms with E-state index >= 15 is 0 Å². The first-order valence-electron chi connectivity index (χ1n) is 10.1. The number of nitrogens with zero attached hydrogens (tertiary/aromatic N) is 5. The molecule has 1 fully saturated rings. The van der Waals surface area contributed by atoms with E-state index < -0.39 is 0 Å². The SMILES string of the molecule is Cc1c(C(=O)N2CCC(OCCCN)CC2)nnn1-c1cccc2cnccc12.Cl.Cl. The monoisotopic (exact) mass is 466 g/mol. The summed E-state index contributed by atoms with van der Waals surface area (Å²) in [5.41, 5.74) is 7.54. The number of likely N-dealkylation sites (tertiary alicyclic amines) is 1. The van der Waals surface area contributed by atoms with Gasteiger partial charge in [0.2, 0.25) is 0 Å². The van der Waals surface area contributed by atoms with E-state index in [-0.39, 0.29) is 36.8 Å². The van der Waals surface area contributed by atoms with E-state index in [1.54, 1.807) is 10.9 Å². The van der Waals surface area contributed by atoms with Crippen molar-refractivity contribution in [1.29, 1.82) is 0 Å². The second kappa shape index (κ2) is 11.4. The summed E-state index contributed by atoms with van der Waals surface area (Å²) in [4.78, 5) is 19.1. The van der Waals surface area contributed by atoms with Gasteiger partial charge < -0.3 is 15.4 Å². The largest absolute Gasteiger partial charge is 0.378 e. The molecule has 1 amide bonds. The van der Waals surface area contributed by atoms with Crippen molar-refractivity contribution in [3.63, 3.8) is 0 Å². The number of ether oxygens (including phenoxy) is 1. The van der Waals surface area contributed by atoms with Crippen LogP contribution in [-0.4, -0.2) is 63.1 Å². The third-order valence-corrected chi connectivity index (χ3v) is 5.41. The second-order valence-corrected chi connectivity index (χ2v) is 7.31. The number of halogens is 2. The Morgan fingerprint density at radius 1 is 1.23 bits per heavy atom. The molecule has 0 radical (unpaired) electrons. The third-order valence-electron chi connectivity index (χ3n) is 5.41. The standard InChI is InChI=1S/C21H26N6O2.2ClH/c1-15-20(21(28)26-11-7-17(8-12-26)29-13-3-9-22)24-25-27(15)19-5-2-4-16-14-23-10-6-18(16)19;;/h2,4-6,10,14,17H,3,7-9,11-13,22H2,1H3;2*1H. The van der Waals surface area contributed by atoms with E-state index in [0.29, 0.717) is 31.9 Å². The lowest BCUT2D eigenvalue weighted by Crippen LogP contribution is -2.41. The van der Waals surface area contributed by atoms with Crippen molar-refractivity contribution in [2.24, 2.45) is 5.73 Å². The average Bonchev–Trinajstić information content (AvgIpc) is 3.14. The van der Waals surface area contributed by atoms with E-state index in [1.807, 2.05) is 42.3 Å². The number of aromatic nitrogens is 4. The van der Waals surface area contributed by atoms with Crippen LogP contribution in [0.1, 0.15) is 35.4 Å². The highest BCUT2D eigenvalue weighted by Gasteiger charge is 2.27. The number of fused-ring (bicyclic) bond motifs is 1. The van der Waals surface area contributed by atoms with E-state index in [1.165, 1.54) is 0 Å². The van der Waals surface area contributed by atoms with Gasteiger partial charge in [-0.2, -0.15) is 0 Å². The molecule has 168 valence electrons. The number of carbonyl (C=O) groups excluding carboxylic acids is 1. The number of nitrogens with two attached hydrogens (primary N) is 1. The van der Waals surface area contributed by atoms with Crippen LogP contribution in [-0.2, 0) is 4.74 Å². The zero-order valence-electron chi connectivity index (χ0n) is 17.4. The first-order chi connectivity index (χ1) is 14.2. The van der Waals surface area contributed by atoms with Crippen molar-refractivity contribution in [3.8, 4) is 5.69 Å². The molecule has 4 rings (SSSR count). The van der Waals surface area contributed by atoms with E-state index in [0.717, 1.165) is 41.4 Å². The number of pyridine rings is 1. The molecule has 1 aromatic carbocycles. The first-order valence-corrected chi connectivity index (χ1v) is 10.1. The number of benzene rings is 1. The summed E-state index contributed by atoms with van der Waals surface area (Å²) in [7, 11) is 0. The molecule has 3 heterocycles. The minimum atomic E-state index is -0.0731. The van der Waals surface area contributed by atoms with Gasteiger partial charge in [-0.15, -0.1) is 29.9 Å². The Balaban J connectivity index is 0.00000171. The van der Waals surface area contributed by atoms with Gasteiger partial charge in [-0.05, 0) is 44.9 Å². The van der Waals surface area contributed by atoms with Crippen LogP contribution in [0.3, 0.4) is 0 Å². The first kappa shape index (κ1) is 25.0. The lowest BCUT2D eigenvalue weighted by Gasteiger charge is -2.31. The quantitative estimate of drug-likeness (QED) is 0.560. The smallest absolute Gasteiger partial charge is 0.276 e. The zero-order chi connectivity index (χ0) is 20.2. The van der Waals surface area contributed by atoms with Crippen LogP contribution in [0.5, 0.6) is 0 Å². The summed E-state index contributed by atoms with van der Waals surface area (Å²) < 4.78 is 7.56. The fourth-order valence-electron chi connectivity index (χ4n) is 3.75. The topological polar surface area (TPSA) is 99.2 Å². The van der Waals surface area contributed by atoms with Gasteiger partial charge in [0.1, 0.15) is 0 Å². The van der Waals surface area contributed by atoms with Gasteiger partial charge >= 0.3 is 0 Å². The Morgan fingerprint density at radius 2 is 2.00 bits per heavy atom. The summed E-state index contributed by atoms with van der Waals surface area (Å²) in [6.07, 6.45) is 6.30. The number of hydrogen-bond acceptors (Lipinski definition) is 6. The third kappa shape index (κ3) is 5.33. The molecule has 1 saturated heterocycles. The maximum Gasteiger partial charge on any atom is 0.276 e. The predicted octanol–water partition coefficient (Wildman–Crippen LogP) is 2.94. The maximum absolute atomic E-state index is 13.0. The van der Waals surface area contributed by atoms with Crippen molar-refractivity contribution in [3.05, 3.63) is 48.0 Å². The van der Waals surface area contributed by atoms with E-state index in [2.05, 4.69) is 15.3 Å². The lowest BCUT2D eigenvalue weighted by atomic mass is 10.1. The van der Waals surface area contributed by atoms with Crippen molar-refractivity contribution in [1.82, 2.24) is 24.9 Å². The van der Waals surface area contributed by atoms with Crippen molar-refractivity contribution in [2.75, 3.05) is 26.2 Å². The van der Waals surface area contributed by atoms with Gasteiger partial charge in [0.25, 0.3) is 5.91 Å². The molecule has 1 aliphatic heterocycles. The highest BCUT2D eigenvalue weighted by Crippen LogP contribution is 2.23. The maximum atomic E-state index is 13.0. The number of hydrogen-bond donors (Lipinski definition) is 1. The molecule has 3 aromatic rings. The van der Waals surface area contributed by atoms with Gasteiger partial charge in [-0.3, -0.25) is 9.78 Å². The molecule has 8 nitrogen and oxygen atoms in total. The average molecular weight is 467 g/mol. The van der Waals surface area contributed by atoms with Crippen LogP contribution < -0.4 is 5.73 Å². The van der Waals surface area contributed by atoms with Crippen molar-refractivity contribution in [2.45, 2.75) is 32.3 Å². The number of amides is 1. The molecule has 0 bridgehead atoms. The molecule has 0 aliphatic carbocycles. The molecule has 0 spiro atoms. The van der Waals surface area contributed by atoms with Gasteiger partial charge in [0.05, 0.1) is 17.5 Å². The van der Waals surface area contributed by atoms with Gasteiger partial charge in [0, 0.05) is 42.9 Å². The zero-order valence-corrected chi connectivity index (χ0v) is 19.1. The van der Waals surface area contributed by atoms with Crippen molar-refractivity contribution < 1.29 is 9.53 Å². The molecular formula is C21H28Cl2N6O2. The molecule has 31 heavy (non-hydrogen) atoms. The molecular weight excluding hydrogens is 439 g/mol. The molecule has 0 unspecified atom stereocenters. The fraction of sp³-hybridized carbons (Fsp3) is 0.429. The van der Waals surface area contributed by atoms with Crippen molar-refractivity contribution >= 4 is 41.5 Å². The number of rotatable bonds is 6. The van der Waals surface area contributed by atoms with Crippen LogP contribution in [0.15, 0.2) is 36.7 Å². The Morgan fingerprint density at radius 3 is 2.74 bits per heavy atom. The summed E-state index contributed by atoms with van der Waals surface area (Å²) in [6, 6.07) is 7.88. The fourth-order valence-corrected chi connectivity index (χ4v) is 3.75. The van der Waals surface area contributed by atoms with Crippen LogP contribution in [0.4, 0.5) is 0 Å². The Bertz CT molecular complexity index is 999. The van der Waals surface area contributed by atoms with Gasteiger partial charge in [-0.25, -0.2) is 4.68 Å². The van der Waals surface area contributed by atoms with Crippen LogP contribution in [0.2, 0.25) is 0 Å². The Labute approximate surface area is 194 Å². The normalized spacial score (nSPS) is 14.2. The van der Waals surface area contributed by atoms with Crippen LogP contribution in [0, 0.1) is 6.92 Å². The summed E-state index contributed by atoms with van der Waals surface area (Å²) in [5, 5.41) is 10.5. The molecule has 0 atom stereocenters. The molecule has 10 heteroatoms. The summed E-state index contributed by atoms with van der Waals surface area (Å²) in [6.45, 7) is 4.54. The van der Waals surface area contributed by atoms with E-state index in [4.69, 9.17) is 10.5 Å². The minimum Gasteiger partial charge on any atom is -0.378 e.